The molecule has 0 aliphatic heterocycles. The number of aromatic nitrogens is 2. The molecule has 0 bridgehead atoms. The van der Waals surface area contributed by atoms with Crippen LogP contribution in [0.5, 0.6) is 0 Å². The van der Waals surface area contributed by atoms with Crippen molar-refractivity contribution in [1.29, 1.82) is 0 Å². The normalized spacial score (nSPS) is 12.3. The summed E-state index contributed by atoms with van der Waals surface area (Å²) in [4.78, 5) is 21.4. The number of aliphatic hydroxyl groups excluding tert-OH is 2. The summed E-state index contributed by atoms with van der Waals surface area (Å²) >= 11 is 1.55. The zero-order valence-corrected chi connectivity index (χ0v) is 20.8. The number of benzene rings is 2. The number of thiazole rings is 1. The van der Waals surface area contributed by atoms with E-state index in [4.69, 9.17) is 0 Å². The van der Waals surface area contributed by atoms with E-state index in [0.717, 1.165) is 21.5 Å². The summed E-state index contributed by atoms with van der Waals surface area (Å²) in [6, 6.07) is 16.2. The Hall–Kier alpha value is -3.53. The highest BCUT2D eigenvalue weighted by Crippen LogP contribution is 2.29. The van der Waals surface area contributed by atoms with Gasteiger partial charge in [-0.1, -0.05) is 44.2 Å². The molecule has 0 aliphatic rings. The fourth-order valence-corrected chi connectivity index (χ4v) is 4.21. The predicted octanol–water partition coefficient (Wildman–Crippen LogP) is 4.72. The van der Waals surface area contributed by atoms with Crippen LogP contribution in [0.1, 0.15) is 42.7 Å². The van der Waals surface area contributed by atoms with Gasteiger partial charge < -0.3 is 26.2 Å². The molecule has 8 nitrogen and oxygen atoms in total. The number of nitrogens with one attached hydrogen (secondary N) is 3. The maximum absolute atomic E-state index is 12.7. The van der Waals surface area contributed by atoms with Crippen LogP contribution in [-0.2, 0) is 0 Å². The van der Waals surface area contributed by atoms with Crippen molar-refractivity contribution in [2.45, 2.75) is 32.9 Å². The molecule has 184 valence electrons. The van der Waals surface area contributed by atoms with Crippen molar-refractivity contribution < 1.29 is 15.0 Å². The average molecular weight is 494 g/mol. The molecule has 0 fully saturated rings. The number of hydrogen-bond donors (Lipinski definition) is 5. The summed E-state index contributed by atoms with van der Waals surface area (Å²) in [7, 11) is 0. The third-order valence-corrected chi connectivity index (χ3v) is 5.92. The Morgan fingerprint density at radius 2 is 1.86 bits per heavy atom. The SMILES string of the molecule is CC.CCNC(=O)c1cnc(Nc2ccc3ncsc3c2)cc1N[C@@H](c1ccccc1)[C@H](O)CO. The number of carbonyl (C=O) groups excluding carboxylic acids is 1. The number of hydrogen-bond acceptors (Lipinski definition) is 8. The van der Waals surface area contributed by atoms with Gasteiger partial charge in [-0.3, -0.25) is 4.79 Å². The number of nitrogens with zero attached hydrogens (tertiary/aromatic N) is 2. The molecule has 4 rings (SSSR count). The number of anilines is 3. The number of rotatable bonds is 9. The summed E-state index contributed by atoms with van der Waals surface area (Å²) in [5.41, 5.74) is 5.17. The van der Waals surface area contributed by atoms with Gasteiger partial charge in [-0.05, 0) is 30.7 Å². The summed E-state index contributed by atoms with van der Waals surface area (Å²) in [5, 5.41) is 29.4. The van der Waals surface area contributed by atoms with Crippen LogP contribution in [0, 0.1) is 0 Å². The van der Waals surface area contributed by atoms with Gasteiger partial charge in [0, 0.05) is 24.5 Å². The number of aliphatic hydroxyl groups is 2. The Kier molecular flexibility index (Phi) is 9.54. The van der Waals surface area contributed by atoms with Crippen molar-refractivity contribution in [1.82, 2.24) is 15.3 Å². The molecule has 0 saturated carbocycles. The van der Waals surface area contributed by atoms with E-state index in [1.165, 1.54) is 6.20 Å². The fraction of sp³-hybridized carbons (Fsp3) is 0.269. The van der Waals surface area contributed by atoms with Crippen LogP contribution in [0.15, 0.2) is 66.3 Å². The Morgan fingerprint density at radius 1 is 1.09 bits per heavy atom. The monoisotopic (exact) mass is 493 g/mol. The molecule has 0 unspecified atom stereocenters. The van der Waals surface area contributed by atoms with Crippen molar-refractivity contribution >= 4 is 44.7 Å². The molecule has 2 aromatic heterocycles. The lowest BCUT2D eigenvalue weighted by Crippen LogP contribution is -2.30. The van der Waals surface area contributed by atoms with Gasteiger partial charge in [0.05, 0.1) is 39.6 Å². The smallest absolute Gasteiger partial charge is 0.254 e. The molecule has 4 aromatic rings. The molecule has 2 heterocycles. The topological polar surface area (TPSA) is 119 Å². The molecule has 2 atom stereocenters. The predicted molar refractivity (Wildman–Crippen MR) is 142 cm³/mol. The van der Waals surface area contributed by atoms with Crippen LogP contribution < -0.4 is 16.0 Å². The van der Waals surface area contributed by atoms with E-state index < -0.39 is 18.8 Å². The van der Waals surface area contributed by atoms with E-state index in [0.29, 0.717) is 23.6 Å². The van der Waals surface area contributed by atoms with E-state index >= 15 is 0 Å². The Balaban J connectivity index is 0.00000167. The summed E-state index contributed by atoms with van der Waals surface area (Å²) in [6.07, 6.45) is 0.418. The Morgan fingerprint density at radius 3 is 2.57 bits per heavy atom. The lowest BCUT2D eigenvalue weighted by molar-refractivity contribution is 0.0793. The highest BCUT2D eigenvalue weighted by atomic mass is 32.1. The van der Waals surface area contributed by atoms with E-state index in [2.05, 4.69) is 25.9 Å². The maximum Gasteiger partial charge on any atom is 0.254 e. The number of pyridine rings is 1. The van der Waals surface area contributed by atoms with Gasteiger partial charge in [-0.15, -0.1) is 11.3 Å². The minimum absolute atomic E-state index is 0.282. The average Bonchev–Trinajstić information content (AvgIpc) is 3.37. The third kappa shape index (κ3) is 6.54. The van der Waals surface area contributed by atoms with E-state index in [1.807, 2.05) is 69.3 Å². The molecule has 9 heteroatoms. The Labute approximate surface area is 209 Å². The second-order valence-electron chi connectivity index (χ2n) is 7.42. The van der Waals surface area contributed by atoms with Crippen molar-refractivity contribution in [3.63, 3.8) is 0 Å². The van der Waals surface area contributed by atoms with Crippen LogP contribution in [0.25, 0.3) is 10.2 Å². The van der Waals surface area contributed by atoms with Crippen molar-refractivity contribution in [3.8, 4) is 0 Å². The summed E-state index contributed by atoms with van der Waals surface area (Å²) in [5.74, 6) is 0.246. The van der Waals surface area contributed by atoms with E-state index in [9.17, 15) is 15.0 Å². The molecule has 0 aliphatic carbocycles. The van der Waals surface area contributed by atoms with Crippen LogP contribution in [0.2, 0.25) is 0 Å². The minimum atomic E-state index is -1.08. The second kappa shape index (κ2) is 12.8. The van der Waals surface area contributed by atoms with Gasteiger partial charge in [-0.2, -0.15) is 0 Å². The van der Waals surface area contributed by atoms with Gasteiger partial charge >= 0.3 is 0 Å². The van der Waals surface area contributed by atoms with Gasteiger partial charge in [0.25, 0.3) is 5.91 Å². The largest absolute Gasteiger partial charge is 0.394 e. The van der Waals surface area contributed by atoms with Crippen LogP contribution in [0.4, 0.5) is 17.2 Å². The number of carbonyl (C=O) groups is 1. The molecule has 1 amide bonds. The number of amides is 1. The zero-order chi connectivity index (χ0) is 25.2. The standard InChI is InChI=1S/C24H25N5O3S.C2H6/c1-2-25-24(32)17-12-26-22(28-16-8-9-18-21(10-16)33-14-27-18)11-19(17)29-23(20(31)13-30)15-6-4-3-5-7-15;1-2/h3-12,14,20,23,30-31H,2,13H2,1H3,(H,25,32)(H2,26,28,29);1-2H3/t20-,23+;/m1./s1. The highest BCUT2D eigenvalue weighted by molar-refractivity contribution is 7.16. The molecule has 0 saturated heterocycles. The first-order chi connectivity index (χ1) is 17.1. The fourth-order valence-electron chi connectivity index (χ4n) is 3.50. The first-order valence-corrected chi connectivity index (χ1v) is 12.5. The van der Waals surface area contributed by atoms with Crippen LogP contribution in [0.3, 0.4) is 0 Å². The number of fused-ring (bicyclic) bond motifs is 1. The summed E-state index contributed by atoms with van der Waals surface area (Å²) in [6.45, 7) is 5.87. The van der Waals surface area contributed by atoms with Crippen LogP contribution in [-0.4, -0.2) is 45.3 Å². The molecule has 5 N–H and O–H groups in total. The first-order valence-electron chi connectivity index (χ1n) is 11.6. The molecular formula is C26H31N5O3S. The van der Waals surface area contributed by atoms with Gasteiger partial charge in [0.1, 0.15) is 11.9 Å². The molecule has 35 heavy (non-hydrogen) atoms. The van der Waals surface area contributed by atoms with Crippen molar-refractivity contribution in [2.24, 2.45) is 0 Å². The maximum atomic E-state index is 12.7. The lowest BCUT2D eigenvalue weighted by Gasteiger charge is -2.26. The Bertz CT molecular complexity index is 1230. The summed E-state index contributed by atoms with van der Waals surface area (Å²) < 4.78 is 1.05. The molecule has 2 aromatic carbocycles. The van der Waals surface area contributed by atoms with E-state index in [1.54, 1.807) is 22.9 Å². The van der Waals surface area contributed by atoms with Gasteiger partial charge in [0.2, 0.25) is 0 Å². The third-order valence-electron chi connectivity index (χ3n) is 5.13. The van der Waals surface area contributed by atoms with E-state index in [-0.39, 0.29) is 5.91 Å². The lowest BCUT2D eigenvalue weighted by atomic mass is 10.0. The van der Waals surface area contributed by atoms with Gasteiger partial charge in [0.15, 0.2) is 0 Å². The van der Waals surface area contributed by atoms with Crippen molar-refractivity contribution in [3.05, 3.63) is 77.4 Å². The second-order valence-corrected chi connectivity index (χ2v) is 8.30. The molecule has 0 spiro atoms. The zero-order valence-electron chi connectivity index (χ0n) is 20.0. The van der Waals surface area contributed by atoms with Gasteiger partial charge in [-0.25, -0.2) is 9.97 Å². The highest BCUT2D eigenvalue weighted by Gasteiger charge is 2.23. The molecular weight excluding hydrogens is 462 g/mol. The quantitative estimate of drug-likeness (QED) is 0.229. The first kappa shape index (κ1) is 26.1. The minimum Gasteiger partial charge on any atom is -0.394 e. The molecule has 0 radical (unpaired) electrons. The van der Waals surface area contributed by atoms with Crippen molar-refractivity contribution in [2.75, 3.05) is 23.8 Å². The van der Waals surface area contributed by atoms with Crippen LogP contribution >= 0.6 is 11.3 Å².